The molecule has 1 aromatic carbocycles. The zero-order valence-corrected chi connectivity index (χ0v) is 12.9. The van der Waals surface area contributed by atoms with Gasteiger partial charge in [0.1, 0.15) is 5.69 Å². The van der Waals surface area contributed by atoms with Crippen LogP contribution in [0, 0.1) is 0 Å². The lowest BCUT2D eigenvalue weighted by molar-refractivity contribution is 0.0943. The summed E-state index contributed by atoms with van der Waals surface area (Å²) >= 11 is 5.92. The van der Waals surface area contributed by atoms with Gasteiger partial charge >= 0.3 is 0 Å². The van der Waals surface area contributed by atoms with Crippen molar-refractivity contribution in [3.8, 4) is 0 Å². The van der Waals surface area contributed by atoms with Crippen molar-refractivity contribution in [2.24, 2.45) is 0 Å². The summed E-state index contributed by atoms with van der Waals surface area (Å²) in [4.78, 5) is 20.3. The van der Waals surface area contributed by atoms with Crippen LogP contribution >= 0.6 is 11.6 Å². The molecule has 0 bridgehead atoms. The maximum Gasteiger partial charge on any atom is 0.270 e. The van der Waals surface area contributed by atoms with E-state index in [0.29, 0.717) is 29.8 Å². The van der Waals surface area contributed by atoms with Gasteiger partial charge in [0.15, 0.2) is 0 Å². The number of carbonyl (C=O) groups excluding carboxylic acids is 1. The standard InChI is InChI=1S/C15H17ClN4O2/c1-22-9-3-7-17-14(21)13-6-8-18-15(20-13)19-12-5-2-4-11(16)10-12/h2,4-6,8,10H,3,7,9H2,1H3,(H,17,21)(H,18,19,20). The van der Waals surface area contributed by atoms with Crippen LogP contribution in [0.4, 0.5) is 11.6 Å². The predicted molar refractivity (Wildman–Crippen MR) is 85.6 cm³/mol. The van der Waals surface area contributed by atoms with E-state index in [1.54, 1.807) is 25.3 Å². The molecule has 2 N–H and O–H groups in total. The molecule has 0 aliphatic heterocycles. The van der Waals surface area contributed by atoms with E-state index < -0.39 is 0 Å². The molecule has 0 atom stereocenters. The third-order valence-electron chi connectivity index (χ3n) is 2.78. The van der Waals surface area contributed by atoms with E-state index in [-0.39, 0.29) is 5.91 Å². The normalized spacial score (nSPS) is 10.3. The fourth-order valence-corrected chi connectivity index (χ4v) is 1.94. The number of methoxy groups -OCH3 is 1. The molecule has 116 valence electrons. The monoisotopic (exact) mass is 320 g/mol. The Morgan fingerprint density at radius 3 is 3.00 bits per heavy atom. The molecule has 22 heavy (non-hydrogen) atoms. The van der Waals surface area contributed by atoms with Gasteiger partial charge in [0.2, 0.25) is 5.95 Å². The number of hydrogen-bond donors (Lipinski definition) is 2. The molecular weight excluding hydrogens is 304 g/mol. The molecule has 1 aromatic heterocycles. The SMILES string of the molecule is COCCCNC(=O)c1ccnc(Nc2cccc(Cl)c2)n1. The number of carbonyl (C=O) groups is 1. The summed E-state index contributed by atoms with van der Waals surface area (Å²) in [5.41, 5.74) is 1.06. The number of amides is 1. The lowest BCUT2D eigenvalue weighted by Crippen LogP contribution is -2.26. The Morgan fingerprint density at radius 1 is 1.36 bits per heavy atom. The predicted octanol–water partition coefficient (Wildman–Crippen LogP) is 2.64. The van der Waals surface area contributed by atoms with E-state index in [2.05, 4.69) is 20.6 Å². The Bertz CT molecular complexity index is 636. The van der Waals surface area contributed by atoms with E-state index in [9.17, 15) is 4.79 Å². The van der Waals surface area contributed by atoms with Gasteiger partial charge in [0.25, 0.3) is 5.91 Å². The number of hydrogen-bond acceptors (Lipinski definition) is 5. The van der Waals surface area contributed by atoms with Crippen LogP contribution < -0.4 is 10.6 Å². The van der Waals surface area contributed by atoms with Gasteiger partial charge in [-0.05, 0) is 30.7 Å². The first-order valence-corrected chi connectivity index (χ1v) is 7.19. The molecule has 0 unspecified atom stereocenters. The van der Waals surface area contributed by atoms with Crippen LogP contribution in [-0.2, 0) is 4.74 Å². The molecule has 1 amide bonds. The van der Waals surface area contributed by atoms with Gasteiger partial charge in [-0.2, -0.15) is 0 Å². The van der Waals surface area contributed by atoms with Crippen LogP contribution in [-0.4, -0.2) is 36.1 Å². The number of nitrogens with one attached hydrogen (secondary N) is 2. The number of halogens is 1. The first-order valence-electron chi connectivity index (χ1n) is 6.82. The zero-order valence-electron chi connectivity index (χ0n) is 12.2. The number of rotatable bonds is 7. The van der Waals surface area contributed by atoms with Gasteiger partial charge < -0.3 is 15.4 Å². The van der Waals surface area contributed by atoms with Crippen LogP contribution in [0.5, 0.6) is 0 Å². The molecule has 2 aromatic rings. The van der Waals surface area contributed by atoms with Crippen LogP contribution in [0.15, 0.2) is 36.5 Å². The summed E-state index contributed by atoms with van der Waals surface area (Å²) in [5.74, 6) is 0.0967. The van der Waals surface area contributed by atoms with Crippen molar-refractivity contribution in [2.45, 2.75) is 6.42 Å². The molecule has 0 radical (unpaired) electrons. The Kier molecular flexibility index (Phi) is 6.12. The Hall–Kier alpha value is -2.18. The fourth-order valence-electron chi connectivity index (χ4n) is 1.75. The summed E-state index contributed by atoms with van der Waals surface area (Å²) in [6, 6.07) is 8.75. The molecule has 7 heteroatoms. The van der Waals surface area contributed by atoms with E-state index in [1.165, 1.54) is 6.20 Å². The summed E-state index contributed by atoms with van der Waals surface area (Å²) in [7, 11) is 1.63. The van der Waals surface area contributed by atoms with Crippen LogP contribution in [0.3, 0.4) is 0 Å². The highest BCUT2D eigenvalue weighted by Gasteiger charge is 2.08. The minimum absolute atomic E-state index is 0.243. The number of aromatic nitrogens is 2. The van der Waals surface area contributed by atoms with Crippen molar-refractivity contribution in [2.75, 3.05) is 25.6 Å². The van der Waals surface area contributed by atoms with Gasteiger partial charge in [-0.15, -0.1) is 0 Å². The van der Waals surface area contributed by atoms with E-state index >= 15 is 0 Å². The van der Waals surface area contributed by atoms with Crippen LogP contribution in [0.2, 0.25) is 5.02 Å². The molecule has 6 nitrogen and oxygen atoms in total. The third-order valence-corrected chi connectivity index (χ3v) is 3.01. The Labute approximate surface area is 133 Å². The molecule has 0 fully saturated rings. The Balaban J connectivity index is 1.98. The molecular formula is C15H17ClN4O2. The first kappa shape index (κ1) is 16.2. The van der Waals surface area contributed by atoms with Crippen molar-refractivity contribution < 1.29 is 9.53 Å². The van der Waals surface area contributed by atoms with Crippen molar-refractivity contribution >= 4 is 29.1 Å². The van der Waals surface area contributed by atoms with Crippen LogP contribution in [0.25, 0.3) is 0 Å². The number of benzene rings is 1. The van der Waals surface area contributed by atoms with Crippen molar-refractivity contribution in [1.82, 2.24) is 15.3 Å². The number of anilines is 2. The molecule has 0 aliphatic rings. The van der Waals surface area contributed by atoms with E-state index in [1.807, 2.05) is 12.1 Å². The average molecular weight is 321 g/mol. The lowest BCUT2D eigenvalue weighted by atomic mass is 10.3. The average Bonchev–Trinajstić information content (AvgIpc) is 2.52. The van der Waals surface area contributed by atoms with Crippen molar-refractivity contribution in [3.05, 3.63) is 47.2 Å². The van der Waals surface area contributed by atoms with Gasteiger partial charge in [-0.25, -0.2) is 9.97 Å². The highest BCUT2D eigenvalue weighted by atomic mass is 35.5. The fraction of sp³-hybridized carbons (Fsp3) is 0.267. The summed E-state index contributed by atoms with van der Waals surface area (Å²) in [6.07, 6.45) is 2.28. The second-order valence-corrected chi connectivity index (χ2v) is 4.94. The van der Waals surface area contributed by atoms with Crippen LogP contribution in [0.1, 0.15) is 16.9 Å². The third kappa shape index (κ3) is 4.98. The topological polar surface area (TPSA) is 76.1 Å². The zero-order chi connectivity index (χ0) is 15.8. The maximum absolute atomic E-state index is 12.0. The van der Waals surface area contributed by atoms with Crippen molar-refractivity contribution in [1.29, 1.82) is 0 Å². The molecule has 0 aliphatic carbocycles. The second-order valence-electron chi connectivity index (χ2n) is 4.50. The molecule has 0 saturated heterocycles. The minimum Gasteiger partial charge on any atom is -0.385 e. The smallest absolute Gasteiger partial charge is 0.270 e. The van der Waals surface area contributed by atoms with Gasteiger partial charge in [0, 0.05) is 37.2 Å². The Morgan fingerprint density at radius 2 is 2.23 bits per heavy atom. The number of ether oxygens (including phenoxy) is 1. The molecule has 0 spiro atoms. The van der Waals surface area contributed by atoms with Gasteiger partial charge in [0.05, 0.1) is 0 Å². The summed E-state index contributed by atoms with van der Waals surface area (Å²) in [6.45, 7) is 1.14. The first-order chi connectivity index (χ1) is 10.7. The summed E-state index contributed by atoms with van der Waals surface area (Å²) in [5, 5.41) is 6.39. The van der Waals surface area contributed by atoms with Gasteiger partial charge in [-0.1, -0.05) is 17.7 Å². The highest BCUT2D eigenvalue weighted by Crippen LogP contribution is 2.17. The maximum atomic E-state index is 12.0. The quantitative estimate of drug-likeness (QED) is 0.767. The minimum atomic E-state index is -0.243. The second kappa shape index (κ2) is 8.31. The van der Waals surface area contributed by atoms with Crippen molar-refractivity contribution in [3.63, 3.8) is 0 Å². The molecule has 2 rings (SSSR count). The van der Waals surface area contributed by atoms with Gasteiger partial charge in [-0.3, -0.25) is 4.79 Å². The largest absolute Gasteiger partial charge is 0.385 e. The lowest BCUT2D eigenvalue weighted by Gasteiger charge is -2.07. The number of nitrogens with zero attached hydrogens (tertiary/aromatic N) is 2. The summed E-state index contributed by atoms with van der Waals surface area (Å²) < 4.78 is 4.93. The van der Waals surface area contributed by atoms with E-state index in [4.69, 9.17) is 16.3 Å². The van der Waals surface area contributed by atoms with E-state index in [0.717, 1.165) is 12.1 Å². The molecule has 0 saturated carbocycles. The highest BCUT2D eigenvalue weighted by molar-refractivity contribution is 6.30. The molecule has 1 heterocycles.